The highest BCUT2D eigenvalue weighted by molar-refractivity contribution is 6.30. The van der Waals surface area contributed by atoms with Gasteiger partial charge >= 0.3 is 0 Å². The first-order valence-electron chi connectivity index (χ1n) is 7.78. The van der Waals surface area contributed by atoms with E-state index in [9.17, 15) is 5.11 Å². The minimum Gasteiger partial charge on any atom is -0.396 e. The number of aliphatic hydroxyl groups is 1. The Bertz CT molecular complexity index is 462. The zero-order chi connectivity index (χ0) is 15.5. The molecule has 4 heteroatoms. The number of rotatable bonds is 4. The summed E-state index contributed by atoms with van der Waals surface area (Å²) in [4.78, 5) is 2.40. The molecule has 0 unspecified atom stereocenters. The molecule has 0 aliphatic carbocycles. The lowest BCUT2D eigenvalue weighted by atomic mass is 9.96. The van der Waals surface area contributed by atoms with Crippen molar-refractivity contribution in [3.8, 4) is 0 Å². The summed E-state index contributed by atoms with van der Waals surface area (Å²) in [5.74, 6) is 0.455. The Morgan fingerprint density at radius 2 is 1.95 bits per heavy atom. The summed E-state index contributed by atoms with van der Waals surface area (Å²) in [6, 6.07) is 6.15. The number of nitrogens with one attached hydrogen (secondary N) is 1. The van der Waals surface area contributed by atoms with Gasteiger partial charge in [-0.3, -0.25) is 0 Å². The van der Waals surface area contributed by atoms with Crippen LogP contribution in [0.3, 0.4) is 0 Å². The van der Waals surface area contributed by atoms with Gasteiger partial charge in [0, 0.05) is 42.5 Å². The lowest BCUT2D eigenvalue weighted by Crippen LogP contribution is -2.37. The first-order valence-corrected chi connectivity index (χ1v) is 8.16. The maximum atomic E-state index is 9.27. The normalized spacial score (nSPS) is 17.3. The predicted octanol–water partition coefficient (Wildman–Crippen LogP) is 3.44. The molecule has 0 atom stereocenters. The largest absolute Gasteiger partial charge is 0.396 e. The molecule has 1 heterocycles. The molecular formula is C17H27ClN2O. The van der Waals surface area contributed by atoms with Crippen molar-refractivity contribution >= 4 is 17.3 Å². The predicted molar refractivity (Wildman–Crippen MR) is 90.1 cm³/mol. The van der Waals surface area contributed by atoms with Gasteiger partial charge < -0.3 is 15.3 Å². The van der Waals surface area contributed by atoms with Gasteiger partial charge in [0.1, 0.15) is 0 Å². The molecule has 0 aromatic heterocycles. The van der Waals surface area contributed by atoms with E-state index in [4.69, 9.17) is 11.6 Å². The van der Waals surface area contributed by atoms with Crippen molar-refractivity contribution in [2.24, 2.45) is 5.92 Å². The van der Waals surface area contributed by atoms with E-state index in [2.05, 4.69) is 43.1 Å². The van der Waals surface area contributed by atoms with Crippen molar-refractivity contribution in [1.29, 1.82) is 0 Å². The Kier molecular flexibility index (Phi) is 5.53. The fraction of sp³-hybridized carbons (Fsp3) is 0.647. The quantitative estimate of drug-likeness (QED) is 0.894. The fourth-order valence-corrected chi connectivity index (χ4v) is 2.86. The summed E-state index contributed by atoms with van der Waals surface area (Å²) in [6.45, 7) is 9.67. The molecule has 1 aromatic rings. The van der Waals surface area contributed by atoms with Gasteiger partial charge in [0.05, 0.1) is 0 Å². The van der Waals surface area contributed by atoms with Crippen LogP contribution in [0, 0.1) is 5.92 Å². The Hall–Kier alpha value is -0.770. The molecular weight excluding hydrogens is 284 g/mol. The van der Waals surface area contributed by atoms with Crippen LogP contribution >= 0.6 is 11.6 Å². The van der Waals surface area contributed by atoms with Crippen molar-refractivity contribution in [3.63, 3.8) is 0 Å². The molecule has 2 N–H and O–H groups in total. The van der Waals surface area contributed by atoms with E-state index >= 15 is 0 Å². The van der Waals surface area contributed by atoms with Gasteiger partial charge in [0.25, 0.3) is 0 Å². The lowest BCUT2D eigenvalue weighted by molar-refractivity contribution is 0.203. The Labute approximate surface area is 133 Å². The fourth-order valence-electron chi connectivity index (χ4n) is 2.70. The molecule has 0 spiro atoms. The molecule has 0 bridgehead atoms. The number of hydrogen-bond donors (Lipinski definition) is 2. The molecule has 3 nitrogen and oxygen atoms in total. The maximum absolute atomic E-state index is 9.27. The zero-order valence-corrected chi connectivity index (χ0v) is 14.1. The van der Waals surface area contributed by atoms with Crippen molar-refractivity contribution in [2.45, 2.75) is 45.7 Å². The molecule has 1 aliphatic rings. The van der Waals surface area contributed by atoms with E-state index < -0.39 is 0 Å². The minimum atomic E-state index is 0.0980. The van der Waals surface area contributed by atoms with Crippen LogP contribution in [0.1, 0.15) is 39.2 Å². The molecule has 1 aromatic carbocycles. The van der Waals surface area contributed by atoms with E-state index in [0.717, 1.165) is 37.5 Å². The topological polar surface area (TPSA) is 35.5 Å². The Morgan fingerprint density at radius 3 is 2.52 bits per heavy atom. The van der Waals surface area contributed by atoms with E-state index in [-0.39, 0.29) is 5.54 Å². The first-order chi connectivity index (χ1) is 9.89. The van der Waals surface area contributed by atoms with Gasteiger partial charge in [0.15, 0.2) is 0 Å². The standard InChI is InChI=1S/C17H27ClN2O/c1-17(2,3)19-11-14-4-5-15(18)10-16(14)20-8-6-13(12-21)7-9-20/h4-5,10,13,19,21H,6-9,11-12H2,1-3H3. The molecule has 0 radical (unpaired) electrons. The highest BCUT2D eigenvalue weighted by atomic mass is 35.5. The number of nitrogens with zero attached hydrogens (tertiary/aromatic N) is 1. The minimum absolute atomic E-state index is 0.0980. The average Bonchev–Trinajstić information content (AvgIpc) is 2.45. The van der Waals surface area contributed by atoms with E-state index in [1.807, 2.05) is 6.07 Å². The molecule has 0 saturated carbocycles. The van der Waals surface area contributed by atoms with Crippen molar-refractivity contribution in [2.75, 3.05) is 24.6 Å². The third-order valence-corrected chi connectivity index (χ3v) is 4.31. The molecule has 21 heavy (non-hydrogen) atoms. The summed E-state index contributed by atoms with van der Waals surface area (Å²) < 4.78 is 0. The highest BCUT2D eigenvalue weighted by Crippen LogP contribution is 2.29. The Balaban J connectivity index is 2.12. The summed E-state index contributed by atoms with van der Waals surface area (Å²) in [7, 11) is 0. The van der Waals surface area contributed by atoms with E-state index in [0.29, 0.717) is 12.5 Å². The molecule has 1 aliphatic heterocycles. The smallest absolute Gasteiger partial charge is 0.0460 e. The second-order valence-electron chi connectivity index (χ2n) is 6.99. The van der Waals surface area contributed by atoms with E-state index in [1.165, 1.54) is 11.3 Å². The lowest BCUT2D eigenvalue weighted by Gasteiger charge is -2.34. The van der Waals surface area contributed by atoms with Gasteiger partial charge in [-0.15, -0.1) is 0 Å². The number of hydrogen-bond acceptors (Lipinski definition) is 3. The third-order valence-electron chi connectivity index (χ3n) is 4.07. The van der Waals surface area contributed by atoms with Crippen LogP contribution in [0.4, 0.5) is 5.69 Å². The SMILES string of the molecule is CC(C)(C)NCc1ccc(Cl)cc1N1CCC(CO)CC1. The van der Waals surface area contributed by atoms with Crippen LogP contribution in [-0.4, -0.2) is 30.3 Å². The van der Waals surface area contributed by atoms with Crippen LogP contribution in [0.25, 0.3) is 0 Å². The zero-order valence-electron chi connectivity index (χ0n) is 13.3. The van der Waals surface area contributed by atoms with Crippen molar-refractivity contribution in [1.82, 2.24) is 5.32 Å². The molecule has 0 amide bonds. The summed E-state index contributed by atoms with van der Waals surface area (Å²) in [5.41, 5.74) is 2.62. The van der Waals surface area contributed by atoms with Crippen LogP contribution in [-0.2, 0) is 6.54 Å². The van der Waals surface area contributed by atoms with Crippen molar-refractivity contribution in [3.05, 3.63) is 28.8 Å². The van der Waals surface area contributed by atoms with Gasteiger partial charge in [-0.25, -0.2) is 0 Å². The first kappa shape index (κ1) is 16.6. The highest BCUT2D eigenvalue weighted by Gasteiger charge is 2.21. The van der Waals surface area contributed by atoms with Crippen LogP contribution < -0.4 is 10.2 Å². The van der Waals surface area contributed by atoms with Gasteiger partial charge in [-0.05, 0) is 57.2 Å². The monoisotopic (exact) mass is 310 g/mol. The summed E-state index contributed by atoms with van der Waals surface area (Å²) >= 11 is 6.19. The van der Waals surface area contributed by atoms with Gasteiger partial charge in [-0.2, -0.15) is 0 Å². The van der Waals surface area contributed by atoms with Crippen LogP contribution in [0.5, 0.6) is 0 Å². The number of halogens is 1. The number of benzene rings is 1. The molecule has 1 fully saturated rings. The Morgan fingerprint density at radius 1 is 1.29 bits per heavy atom. The molecule has 118 valence electrons. The van der Waals surface area contributed by atoms with Gasteiger partial charge in [-0.1, -0.05) is 17.7 Å². The maximum Gasteiger partial charge on any atom is 0.0460 e. The molecule has 1 saturated heterocycles. The number of piperidine rings is 1. The summed E-state index contributed by atoms with van der Waals surface area (Å²) in [6.07, 6.45) is 2.10. The van der Waals surface area contributed by atoms with Crippen LogP contribution in [0.15, 0.2) is 18.2 Å². The number of anilines is 1. The number of aliphatic hydroxyl groups excluding tert-OH is 1. The van der Waals surface area contributed by atoms with Crippen molar-refractivity contribution < 1.29 is 5.11 Å². The third kappa shape index (κ3) is 4.87. The van der Waals surface area contributed by atoms with Crippen LogP contribution in [0.2, 0.25) is 5.02 Å². The van der Waals surface area contributed by atoms with Gasteiger partial charge in [0.2, 0.25) is 0 Å². The second kappa shape index (κ2) is 6.99. The molecule has 2 rings (SSSR count). The summed E-state index contributed by atoms with van der Waals surface area (Å²) in [5, 5.41) is 13.6. The second-order valence-corrected chi connectivity index (χ2v) is 7.43. The average molecular weight is 311 g/mol. The van der Waals surface area contributed by atoms with E-state index in [1.54, 1.807) is 0 Å².